The minimum Gasteiger partial charge on any atom is -0.332 e. The van der Waals surface area contributed by atoms with Gasteiger partial charge in [0.25, 0.3) is 0 Å². The van der Waals surface area contributed by atoms with Crippen LogP contribution in [0.1, 0.15) is 16.7 Å². The van der Waals surface area contributed by atoms with Gasteiger partial charge in [-0.2, -0.15) is 5.10 Å². The maximum Gasteiger partial charge on any atom is 0.175 e. The van der Waals surface area contributed by atoms with Gasteiger partial charge in [-0.15, -0.1) is 0 Å². The van der Waals surface area contributed by atoms with Gasteiger partial charge in [0.2, 0.25) is 0 Å². The van der Waals surface area contributed by atoms with Crippen LogP contribution < -0.4 is 10.6 Å². The molecule has 0 saturated heterocycles. The molecule has 0 fully saturated rings. The summed E-state index contributed by atoms with van der Waals surface area (Å²) < 4.78 is 2.86. The molecule has 1 aromatic heterocycles. The summed E-state index contributed by atoms with van der Waals surface area (Å²) in [6, 6.07) is 14.4. The van der Waals surface area contributed by atoms with Crippen molar-refractivity contribution in [1.29, 1.82) is 0 Å². The Balaban J connectivity index is 1.67. The van der Waals surface area contributed by atoms with Crippen LogP contribution in [-0.2, 0) is 6.54 Å². The Labute approximate surface area is 161 Å². The highest BCUT2D eigenvalue weighted by Gasteiger charge is 2.04. The Morgan fingerprint density at radius 3 is 2.76 bits per heavy atom. The van der Waals surface area contributed by atoms with Crippen molar-refractivity contribution in [3.63, 3.8) is 0 Å². The molecule has 2 N–H and O–H groups in total. The highest BCUT2D eigenvalue weighted by Crippen LogP contribution is 2.18. The molecule has 1 heterocycles. The van der Waals surface area contributed by atoms with Gasteiger partial charge in [-0.05, 0) is 76.9 Å². The van der Waals surface area contributed by atoms with Crippen molar-refractivity contribution < 1.29 is 0 Å². The standard InChI is InChI=1S/C19H19BrN4S/c1-13-6-7-14(2)18(8-13)23-19(25)22-17-5-3-4-15(9-17)11-24-12-16(20)10-21-24/h3-10,12H,11H2,1-2H3,(H2,22,23,25). The monoisotopic (exact) mass is 414 g/mol. The summed E-state index contributed by atoms with van der Waals surface area (Å²) in [4.78, 5) is 0. The second-order valence-corrected chi connectivity index (χ2v) is 7.28. The molecular weight excluding hydrogens is 396 g/mol. The zero-order chi connectivity index (χ0) is 17.8. The van der Waals surface area contributed by atoms with E-state index in [4.69, 9.17) is 12.2 Å². The zero-order valence-electron chi connectivity index (χ0n) is 14.1. The first-order chi connectivity index (χ1) is 12.0. The molecule has 128 valence electrons. The number of hydrogen-bond donors (Lipinski definition) is 2. The smallest absolute Gasteiger partial charge is 0.175 e. The molecule has 0 radical (unpaired) electrons. The first-order valence-corrected chi connectivity index (χ1v) is 9.12. The molecule has 25 heavy (non-hydrogen) atoms. The molecule has 4 nitrogen and oxygen atoms in total. The largest absolute Gasteiger partial charge is 0.332 e. The Morgan fingerprint density at radius 1 is 1.16 bits per heavy atom. The number of thiocarbonyl (C=S) groups is 1. The number of benzene rings is 2. The fraction of sp³-hybridized carbons (Fsp3) is 0.158. The van der Waals surface area contributed by atoms with Crippen LogP contribution in [0.2, 0.25) is 0 Å². The summed E-state index contributed by atoms with van der Waals surface area (Å²) in [5.74, 6) is 0. The van der Waals surface area contributed by atoms with Crippen LogP contribution in [0.15, 0.2) is 59.3 Å². The van der Waals surface area contributed by atoms with Crippen molar-refractivity contribution in [3.05, 3.63) is 76.0 Å². The van der Waals surface area contributed by atoms with E-state index in [0.29, 0.717) is 11.7 Å². The van der Waals surface area contributed by atoms with Crippen molar-refractivity contribution in [2.24, 2.45) is 0 Å². The van der Waals surface area contributed by atoms with Crippen LogP contribution in [-0.4, -0.2) is 14.9 Å². The summed E-state index contributed by atoms with van der Waals surface area (Å²) in [6.07, 6.45) is 3.73. The van der Waals surface area contributed by atoms with Gasteiger partial charge in [0, 0.05) is 17.6 Å². The minimum atomic E-state index is 0.577. The van der Waals surface area contributed by atoms with E-state index in [0.717, 1.165) is 27.0 Å². The lowest BCUT2D eigenvalue weighted by Crippen LogP contribution is -2.19. The van der Waals surface area contributed by atoms with Crippen LogP contribution in [0.5, 0.6) is 0 Å². The van der Waals surface area contributed by atoms with E-state index in [9.17, 15) is 0 Å². The van der Waals surface area contributed by atoms with Crippen molar-refractivity contribution in [2.45, 2.75) is 20.4 Å². The number of nitrogens with one attached hydrogen (secondary N) is 2. The Hall–Kier alpha value is -2.18. The average molecular weight is 415 g/mol. The van der Waals surface area contributed by atoms with E-state index < -0.39 is 0 Å². The van der Waals surface area contributed by atoms with Gasteiger partial charge in [-0.25, -0.2) is 0 Å². The van der Waals surface area contributed by atoms with Gasteiger partial charge in [-0.1, -0.05) is 24.3 Å². The molecule has 0 bridgehead atoms. The molecule has 0 saturated carbocycles. The molecule has 0 spiro atoms. The fourth-order valence-electron chi connectivity index (χ4n) is 2.51. The summed E-state index contributed by atoms with van der Waals surface area (Å²) in [6.45, 7) is 4.84. The van der Waals surface area contributed by atoms with Crippen molar-refractivity contribution in [3.8, 4) is 0 Å². The van der Waals surface area contributed by atoms with Crippen LogP contribution in [0, 0.1) is 13.8 Å². The zero-order valence-corrected chi connectivity index (χ0v) is 16.5. The van der Waals surface area contributed by atoms with E-state index in [1.165, 1.54) is 5.56 Å². The first-order valence-electron chi connectivity index (χ1n) is 7.92. The van der Waals surface area contributed by atoms with Crippen molar-refractivity contribution in [2.75, 3.05) is 10.6 Å². The maximum atomic E-state index is 5.45. The summed E-state index contributed by atoms with van der Waals surface area (Å²) in [5.41, 5.74) is 5.48. The van der Waals surface area contributed by atoms with E-state index in [2.05, 4.69) is 75.8 Å². The minimum absolute atomic E-state index is 0.577. The second kappa shape index (κ2) is 7.80. The molecule has 2 aromatic carbocycles. The van der Waals surface area contributed by atoms with E-state index >= 15 is 0 Å². The van der Waals surface area contributed by atoms with Gasteiger partial charge in [0.15, 0.2) is 5.11 Å². The average Bonchev–Trinajstić information content (AvgIpc) is 2.96. The summed E-state index contributed by atoms with van der Waals surface area (Å²) in [5, 5.41) is 11.4. The van der Waals surface area contributed by atoms with E-state index in [1.807, 2.05) is 23.0 Å². The molecule has 0 atom stereocenters. The Bertz CT molecular complexity index is 904. The summed E-state index contributed by atoms with van der Waals surface area (Å²) >= 11 is 8.87. The normalized spacial score (nSPS) is 10.5. The van der Waals surface area contributed by atoms with Gasteiger partial charge in [0.05, 0.1) is 17.2 Å². The lowest BCUT2D eigenvalue weighted by atomic mass is 10.1. The predicted octanol–water partition coefficient (Wildman–Crippen LogP) is 5.12. The molecule has 0 aliphatic carbocycles. The number of halogens is 1. The van der Waals surface area contributed by atoms with E-state index in [1.54, 1.807) is 6.20 Å². The Kier molecular flexibility index (Phi) is 5.50. The molecule has 3 aromatic rings. The number of hydrogen-bond acceptors (Lipinski definition) is 2. The van der Waals surface area contributed by atoms with Gasteiger partial charge in [0.1, 0.15) is 0 Å². The predicted molar refractivity (Wildman–Crippen MR) is 111 cm³/mol. The fourth-order valence-corrected chi connectivity index (χ4v) is 3.07. The molecule has 3 rings (SSSR count). The number of nitrogens with zero attached hydrogens (tertiary/aromatic N) is 2. The third kappa shape index (κ3) is 4.90. The number of aromatic nitrogens is 2. The van der Waals surface area contributed by atoms with Crippen LogP contribution in [0.4, 0.5) is 11.4 Å². The van der Waals surface area contributed by atoms with Crippen LogP contribution >= 0.6 is 28.1 Å². The quantitative estimate of drug-likeness (QED) is 0.581. The first kappa shape index (κ1) is 17.6. The lowest BCUT2D eigenvalue weighted by molar-refractivity contribution is 0.687. The van der Waals surface area contributed by atoms with E-state index in [-0.39, 0.29) is 0 Å². The number of rotatable bonds is 4. The van der Waals surface area contributed by atoms with Crippen molar-refractivity contribution >= 4 is 44.6 Å². The molecular formula is C19H19BrN4S. The molecule has 0 aliphatic rings. The highest BCUT2D eigenvalue weighted by atomic mass is 79.9. The molecule has 0 amide bonds. The lowest BCUT2D eigenvalue weighted by Gasteiger charge is -2.14. The highest BCUT2D eigenvalue weighted by molar-refractivity contribution is 9.10. The summed E-state index contributed by atoms with van der Waals surface area (Å²) in [7, 11) is 0. The topological polar surface area (TPSA) is 41.9 Å². The van der Waals surface area contributed by atoms with Crippen LogP contribution in [0.25, 0.3) is 0 Å². The van der Waals surface area contributed by atoms with Gasteiger partial charge in [-0.3, -0.25) is 4.68 Å². The Morgan fingerprint density at radius 2 is 2.00 bits per heavy atom. The van der Waals surface area contributed by atoms with Gasteiger partial charge < -0.3 is 10.6 Å². The second-order valence-electron chi connectivity index (χ2n) is 5.95. The molecule has 0 unspecified atom stereocenters. The number of aryl methyl sites for hydroxylation is 2. The van der Waals surface area contributed by atoms with Crippen LogP contribution in [0.3, 0.4) is 0 Å². The van der Waals surface area contributed by atoms with Crippen molar-refractivity contribution in [1.82, 2.24) is 9.78 Å². The third-order valence-electron chi connectivity index (χ3n) is 3.77. The maximum absolute atomic E-state index is 5.45. The third-order valence-corrected chi connectivity index (χ3v) is 4.39. The number of anilines is 2. The molecule has 0 aliphatic heterocycles. The molecule has 6 heteroatoms. The van der Waals surface area contributed by atoms with Gasteiger partial charge >= 0.3 is 0 Å². The SMILES string of the molecule is Cc1ccc(C)c(NC(=S)Nc2cccc(Cn3cc(Br)cn3)c2)c1.